The van der Waals surface area contributed by atoms with Gasteiger partial charge in [0.1, 0.15) is 11.7 Å². The van der Waals surface area contributed by atoms with Gasteiger partial charge in [-0.3, -0.25) is 4.79 Å². The fourth-order valence-corrected chi connectivity index (χ4v) is 2.80. The summed E-state index contributed by atoms with van der Waals surface area (Å²) in [5.41, 5.74) is 1.35. The number of benzene rings is 1. The van der Waals surface area contributed by atoms with Gasteiger partial charge in [-0.15, -0.1) is 11.3 Å². The summed E-state index contributed by atoms with van der Waals surface area (Å²) in [4.78, 5) is 27.5. The van der Waals surface area contributed by atoms with Gasteiger partial charge in [0.25, 0.3) is 5.91 Å². The number of rotatable bonds is 8. The van der Waals surface area contributed by atoms with Crippen LogP contribution < -0.4 is 5.32 Å². The topological polar surface area (TPSA) is 88.5 Å². The van der Waals surface area contributed by atoms with E-state index in [1.54, 1.807) is 5.38 Å². The predicted octanol–water partition coefficient (Wildman–Crippen LogP) is 1.95. The van der Waals surface area contributed by atoms with Crippen molar-refractivity contribution in [3.63, 3.8) is 0 Å². The molecule has 1 aromatic carbocycles. The molecule has 0 aliphatic heterocycles. The Morgan fingerprint density at radius 3 is 2.74 bits per heavy atom. The molecule has 1 unspecified atom stereocenters. The maximum atomic E-state index is 12.1. The Hall–Kier alpha value is -2.25. The van der Waals surface area contributed by atoms with Crippen molar-refractivity contribution in [2.24, 2.45) is 0 Å². The van der Waals surface area contributed by atoms with E-state index in [2.05, 4.69) is 10.3 Å². The molecule has 2 rings (SSSR count). The van der Waals surface area contributed by atoms with E-state index in [-0.39, 0.29) is 18.7 Å². The van der Waals surface area contributed by atoms with E-state index in [1.807, 2.05) is 30.3 Å². The highest BCUT2D eigenvalue weighted by molar-refractivity contribution is 7.09. The van der Waals surface area contributed by atoms with Crippen LogP contribution in [0.1, 0.15) is 27.5 Å². The maximum Gasteiger partial charge on any atom is 0.326 e. The number of nitrogens with one attached hydrogen (secondary N) is 1. The third kappa shape index (κ3) is 5.15. The lowest BCUT2D eigenvalue weighted by Gasteiger charge is -2.12. The number of methoxy groups -OCH3 is 1. The Bertz CT molecular complexity index is 657. The minimum atomic E-state index is -1.09. The third-order valence-corrected chi connectivity index (χ3v) is 4.05. The molecular formula is C16H18N2O4S. The fraction of sp³-hybridized carbons (Fsp3) is 0.312. The maximum absolute atomic E-state index is 12.1. The molecule has 0 spiro atoms. The highest BCUT2D eigenvalue weighted by atomic mass is 32.1. The van der Waals surface area contributed by atoms with Crippen molar-refractivity contribution in [3.05, 3.63) is 52.0 Å². The summed E-state index contributed by atoms with van der Waals surface area (Å²) >= 11 is 1.38. The highest BCUT2D eigenvalue weighted by Gasteiger charge is 2.21. The van der Waals surface area contributed by atoms with Gasteiger partial charge in [0.2, 0.25) is 0 Å². The number of ether oxygens (including phenoxy) is 1. The van der Waals surface area contributed by atoms with E-state index in [0.717, 1.165) is 10.6 Å². The van der Waals surface area contributed by atoms with Gasteiger partial charge in [0, 0.05) is 31.9 Å². The van der Waals surface area contributed by atoms with Crippen molar-refractivity contribution in [1.29, 1.82) is 0 Å². The smallest absolute Gasteiger partial charge is 0.326 e. The number of carboxylic acids is 1. The number of hydrogen-bond acceptors (Lipinski definition) is 5. The van der Waals surface area contributed by atoms with Crippen LogP contribution in [0.4, 0.5) is 0 Å². The quantitative estimate of drug-likeness (QED) is 0.770. The normalized spacial score (nSPS) is 11.9. The standard InChI is InChI=1S/C16H18N2O4S/c1-22-8-7-12(16(20)21)18-15(19)13-10-23-14(17-13)9-11-5-3-2-4-6-11/h2-6,10,12H,7-9H2,1H3,(H,18,19)(H,20,21). The first-order chi connectivity index (χ1) is 11.1. The largest absolute Gasteiger partial charge is 0.480 e. The van der Waals surface area contributed by atoms with Crippen molar-refractivity contribution < 1.29 is 19.4 Å². The van der Waals surface area contributed by atoms with E-state index in [0.29, 0.717) is 6.42 Å². The zero-order valence-corrected chi connectivity index (χ0v) is 13.5. The Balaban J connectivity index is 1.98. The van der Waals surface area contributed by atoms with Gasteiger partial charge < -0.3 is 15.2 Å². The Morgan fingerprint density at radius 2 is 2.09 bits per heavy atom. The number of carbonyl (C=O) groups excluding carboxylic acids is 1. The summed E-state index contributed by atoms with van der Waals surface area (Å²) < 4.78 is 4.85. The van der Waals surface area contributed by atoms with Gasteiger partial charge in [-0.1, -0.05) is 30.3 Å². The van der Waals surface area contributed by atoms with Gasteiger partial charge in [0.05, 0.1) is 5.01 Å². The summed E-state index contributed by atoms with van der Waals surface area (Å²) in [6.07, 6.45) is 0.851. The average Bonchev–Trinajstić information content (AvgIpc) is 3.00. The summed E-state index contributed by atoms with van der Waals surface area (Å²) in [5.74, 6) is -1.57. The number of carboxylic acid groups (broad SMARTS) is 1. The number of amides is 1. The van der Waals surface area contributed by atoms with Crippen LogP contribution in [-0.4, -0.2) is 41.7 Å². The molecule has 0 aliphatic rings. The average molecular weight is 334 g/mol. The molecule has 0 saturated heterocycles. The zero-order chi connectivity index (χ0) is 16.7. The predicted molar refractivity (Wildman–Crippen MR) is 86.7 cm³/mol. The van der Waals surface area contributed by atoms with Gasteiger partial charge in [-0.25, -0.2) is 9.78 Å². The van der Waals surface area contributed by atoms with E-state index in [9.17, 15) is 9.59 Å². The molecular weight excluding hydrogens is 316 g/mol. The molecule has 0 radical (unpaired) electrons. The fourth-order valence-electron chi connectivity index (χ4n) is 1.99. The molecule has 1 atom stereocenters. The summed E-state index contributed by atoms with van der Waals surface area (Å²) in [6.45, 7) is 0.258. The van der Waals surface area contributed by atoms with Crippen LogP contribution in [0.2, 0.25) is 0 Å². The molecule has 1 heterocycles. The number of thiazole rings is 1. The lowest BCUT2D eigenvalue weighted by atomic mass is 10.2. The van der Waals surface area contributed by atoms with Crippen LogP contribution in [-0.2, 0) is 16.0 Å². The van der Waals surface area contributed by atoms with Crippen molar-refractivity contribution in [2.75, 3.05) is 13.7 Å². The molecule has 0 bridgehead atoms. The molecule has 6 nitrogen and oxygen atoms in total. The van der Waals surface area contributed by atoms with Gasteiger partial charge >= 0.3 is 5.97 Å². The van der Waals surface area contributed by atoms with E-state index >= 15 is 0 Å². The monoisotopic (exact) mass is 334 g/mol. The Kier molecular flexibility index (Phi) is 6.25. The SMILES string of the molecule is COCCC(NC(=O)c1csc(Cc2ccccc2)n1)C(=O)O. The van der Waals surface area contributed by atoms with Crippen LogP contribution in [0.5, 0.6) is 0 Å². The molecule has 1 amide bonds. The van der Waals surface area contributed by atoms with Crippen molar-refractivity contribution in [2.45, 2.75) is 18.9 Å². The molecule has 2 N–H and O–H groups in total. The van der Waals surface area contributed by atoms with Crippen LogP contribution in [0.25, 0.3) is 0 Å². The summed E-state index contributed by atoms with van der Waals surface area (Å²) in [7, 11) is 1.48. The summed E-state index contributed by atoms with van der Waals surface area (Å²) in [6, 6.07) is 8.84. The van der Waals surface area contributed by atoms with Crippen LogP contribution >= 0.6 is 11.3 Å². The van der Waals surface area contributed by atoms with E-state index in [4.69, 9.17) is 9.84 Å². The van der Waals surface area contributed by atoms with Gasteiger partial charge in [-0.05, 0) is 5.56 Å². The van der Waals surface area contributed by atoms with Crippen LogP contribution in [0.15, 0.2) is 35.7 Å². The minimum absolute atomic E-state index is 0.207. The van der Waals surface area contributed by atoms with Crippen LogP contribution in [0.3, 0.4) is 0 Å². The molecule has 1 aromatic heterocycles. The highest BCUT2D eigenvalue weighted by Crippen LogP contribution is 2.15. The Morgan fingerprint density at radius 1 is 1.35 bits per heavy atom. The van der Waals surface area contributed by atoms with E-state index < -0.39 is 17.9 Å². The second-order valence-electron chi connectivity index (χ2n) is 4.93. The zero-order valence-electron chi connectivity index (χ0n) is 12.7. The van der Waals surface area contributed by atoms with Crippen molar-refractivity contribution in [3.8, 4) is 0 Å². The summed E-state index contributed by atoms with van der Waals surface area (Å²) in [5, 5.41) is 14.0. The number of hydrogen-bond donors (Lipinski definition) is 2. The lowest BCUT2D eigenvalue weighted by Crippen LogP contribution is -2.41. The first kappa shape index (κ1) is 17.1. The Labute approximate surface area is 138 Å². The first-order valence-electron chi connectivity index (χ1n) is 7.11. The number of nitrogens with zero attached hydrogens (tertiary/aromatic N) is 1. The molecule has 7 heteroatoms. The number of carbonyl (C=O) groups is 2. The van der Waals surface area contributed by atoms with Crippen LogP contribution in [0, 0.1) is 0 Å². The van der Waals surface area contributed by atoms with Gasteiger partial charge in [0.15, 0.2) is 0 Å². The lowest BCUT2D eigenvalue weighted by molar-refractivity contribution is -0.139. The minimum Gasteiger partial charge on any atom is -0.480 e. The molecule has 0 saturated carbocycles. The number of aromatic nitrogens is 1. The van der Waals surface area contributed by atoms with Crippen molar-refractivity contribution >= 4 is 23.2 Å². The second-order valence-corrected chi connectivity index (χ2v) is 5.88. The van der Waals surface area contributed by atoms with Crippen molar-refractivity contribution in [1.82, 2.24) is 10.3 Å². The number of aliphatic carboxylic acids is 1. The third-order valence-electron chi connectivity index (χ3n) is 3.20. The second kappa shape index (κ2) is 8.40. The van der Waals surface area contributed by atoms with Gasteiger partial charge in [-0.2, -0.15) is 0 Å². The molecule has 0 aliphatic carbocycles. The molecule has 0 fully saturated rings. The molecule has 2 aromatic rings. The first-order valence-corrected chi connectivity index (χ1v) is 7.99. The van der Waals surface area contributed by atoms with E-state index in [1.165, 1.54) is 18.4 Å². The molecule has 23 heavy (non-hydrogen) atoms. The molecule has 122 valence electrons.